The average Bonchev–Trinajstić information content (AvgIpc) is 2.78. The summed E-state index contributed by atoms with van der Waals surface area (Å²) in [7, 11) is 1.87. The highest BCUT2D eigenvalue weighted by Gasteiger charge is 2.05. The number of nitrogens with zero attached hydrogens (tertiary/aromatic N) is 3. The zero-order valence-electron chi connectivity index (χ0n) is 11.1. The first-order chi connectivity index (χ1) is 9.16. The molecule has 0 saturated heterocycles. The number of nitrogens with one attached hydrogen (secondary N) is 2. The SMILES string of the molecule is Cc1ccccc1NC(=O)CNCc1nncn1C. The lowest BCUT2D eigenvalue weighted by atomic mass is 10.2. The lowest BCUT2D eigenvalue weighted by Gasteiger charge is -2.08. The Labute approximate surface area is 111 Å². The van der Waals surface area contributed by atoms with Crippen molar-refractivity contribution in [2.45, 2.75) is 13.5 Å². The maximum absolute atomic E-state index is 11.8. The molecule has 6 nitrogen and oxygen atoms in total. The summed E-state index contributed by atoms with van der Waals surface area (Å²) in [6.45, 7) is 2.71. The van der Waals surface area contributed by atoms with E-state index in [0.717, 1.165) is 17.1 Å². The molecule has 0 spiro atoms. The van der Waals surface area contributed by atoms with Gasteiger partial charge in [-0.1, -0.05) is 18.2 Å². The van der Waals surface area contributed by atoms with Crippen LogP contribution < -0.4 is 10.6 Å². The number of carbonyl (C=O) groups is 1. The summed E-state index contributed by atoms with van der Waals surface area (Å²) in [5.41, 5.74) is 1.89. The van der Waals surface area contributed by atoms with Crippen molar-refractivity contribution >= 4 is 11.6 Å². The molecule has 0 radical (unpaired) electrons. The molecule has 1 aromatic heterocycles. The number of benzene rings is 1. The Hall–Kier alpha value is -2.21. The molecule has 19 heavy (non-hydrogen) atoms. The summed E-state index contributed by atoms with van der Waals surface area (Å²) in [6.07, 6.45) is 1.63. The van der Waals surface area contributed by atoms with E-state index in [-0.39, 0.29) is 12.5 Å². The van der Waals surface area contributed by atoms with Gasteiger partial charge in [-0.15, -0.1) is 10.2 Å². The number of carbonyl (C=O) groups excluding carboxylic acids is 1. The zero-order chi connectivity index (χ0) is 13.7. The van der Waals surface area contributed by atoms with Crippen molar-refractivity contribution in [3.8, 4) is 0 Å². The summed E-state index contributed by atoms with van der Waals surface area (Å²) in [6, 6.07) is 7.69. The zero-order valence-corrected chi connectivity index (χ0v) is 11.1. The lowest BCUT2D eigenvalue weighted by molar-refractivity contribution is -0.115. The lowest BCUT2D eigenvalue weighted by Crippen LogP contribution is -2.28. The average molecular weight is 259 g/mol. The van der Waals surface area contributed by atoms with E-state index >= 15 is 0 Å². The van der Waals surface area contributed by atoms with Crippen molar-refractivity contribution in [2.75, 3.05) is 11.9 Å². The Morgan fingerprint density at radius 1 is 1.37 bits per heavy atom. The first-order valence-corrected chi connectivity index (χ1v) is 6.06. The number of rotatable bonds is 5. The summed E-state index contributed by atoms with van der Waals surface area (Å²) in [4.78, 5) is 11.8. The van der Waals surface area contributed by atoms with Crippen molar-refractivity contribution in [1.29, 1.82) is 0 Å². The van der Waals surface area contributed by atoms with E-state index in [0.29, 0.717) is 6.54 Å². The molecule has 1 amide bonds. The number of anilines is 1. The Balaban J connectivity index is 1.79. The molecule has 2 N–H and O–H groups in total. The molecule has 0 bridgehead atoms. The molecule has 0 saturated carbocycles. The van der Waals surface area contributed by atoms with Crippen LogP contribution in [-0.2, 0) is 18.4 Å². The maximum Gasteiger partial charge on any atom is 0.238 e. The standard InChI is InChI=1S/C13H17N5O/c1-10-5-3-4-6-11(10)16-13(19)8-14-7-12-17-15-9-18(12)2/h3-6,9,14H,7-8H2,1-2H3,(H,16,19). The summed E-state index contributed by atoms with van der Waals surface area (Å²) >= 11 is 0. The normalized spacial score (nSPS) is 10.4. The largest absolute Gasteiger partial charge is 0.325 e. The Bertz CT molecular complexity index is 564. The maximum atomic E-state index is 11.8. The molecule has 1 aromatic carbocycles. The molecule has 100 valence electrons. The van der Waals surface area contributed by atoms with Crippen LogP contribution in [0, 0.1) is 6.92 Å². The van der Waals surface area contributed by atoms with Gasteiger partial charge in [0.2, 0.25) is 5.91 Å². The molecule has 0 aliphatic heterocycles. The van der Waals surface area contributed by atoms with Crippen LogP contribution in [0.5, 0.6) is 0 Å². The molecule has 0 fully saturated rings. The third kappa shape index (κ3) is 3.62. The smallest absolute Gasteiger partial charge is 0.238 e. The number of aromatic nitrogens is 3. The fourth-order valence-corrected chi connectivity index (χ4v) is 1.66. The van der Waals surface area contributed by atoms with E-state index in [1.54, 1.807) is 6.33 Å². The number of amides is 1. The molecule has 0 aliphatic carbocycles. The predicted octanol–water partition coefficient (Wildman–Crippen LogP) is 0.852. The Morgan fingerprint density at radius 2 is 2.16 bits per heavy atom. The third-order valence-electron chi connectivity index (χ3n) is 2.79. The minimum absolute atomic E-state index is 0.0727. The number of para-hydroxylation sites is 1. The summed E-state index contributed by atoms with van der Waals surface area (Å²) in [5, 5.41) is 13.6. The van der Waals surface area contributed by atoms with Crippen LogP contribution in [-0.4, -0.2) is 27.2 Å². The topological polar surface area (TPSA) is 71.8 Å². The molecule has 6 heteroatoms. The fourth-order valence-electron chi connectivity index (χ4n) is 1.66. The van der Waals surface area contributed by atoms with E-state index in [1.807, 2.05) is 42.8 Å². The van der Waals surface area contributed by atoms with Gasteiger partial charge in [-0.3, -0.25) is 4.79 Å². The van der Waals surface area contributed by atoms with Crippen LogP contribution in [0.2, 0.25) is 0 Å². The van der Waals surface area contributed by atoms with E-state index in [1.165, 1.54) is 0 Å². The fraction of sp³-hybridized carbons (Fsp3) is 0.308. The van der Waals surface area contributed by atoms with Gasteiger partial charge < -0.3 is 15.2 Å². The van der Waals surface area contributed by atoms with Crippen molar-refractivity contribution < 1.29 is 4.79 Å². The van der Waals surface area contributed by atoms with E-state index in [4.69, 9.17) is 0 Å². The van der Waals surface area contributed by atoms with Crippen LogP contribution in [0.3, 0.4) is 0 Å². The van der Waals surface area contributed by atoms with Gasteiger partial charge in [-0.05, 0) is 18.6 Å². The molecule has 0 atom stereocenters. The molecule has 0 unspecified atom stereocenters. The van der Waals surface area contributed by atoms with Crippen LogP contribution in [0.25, 0.3) is 0 Å². The summed E-state index contributed by atoms with van der Waals surface area (Å²) in [5.74, 6) is 0.722. The van der Waals surface area contributed by atoms with Gasteiger partial charge in [0.05, 0.1) is 13.1 Å². The second-order valence-electron chi connectivity index (χ2n) is 4.32. The summed E-state index contributed by atoms with van der Waals surface area (Å²) < 4.78 is 1.81. The van der Waals surface area contributed by atoms with Crippen LogP contribution in [0.1, 0.15) is 11.4 Å². The van der Waals surface area contributed by atoms with E-state index in [9.17, 15) is 4.79 Å². The van der Waals surface area contributed by atoms with E-state index < -0.39 is 0 Å². The van der Waals surface area contributed by atoms with Gasteiger partial charge in [-0.25, -0.2) is 0 Å². The number of hydrogen-bond donors (Lipinski definition) is 2. The predicted molar refractivity (Wildman–Crippen MR) is 72.5 cm³/mol. The molecule has 2 aromatic rings. The van der Waals surface area contributed by atoms with Crippen molar-refractivity contribution in [3.63, 3.8) is 0 Å². The van der Waals surface area contributed by atoms with Gasteiger partial charge in [-0.2, -0.15) is 0 Å². The number of aryl methyl sites for hydroxylation is 2. The molecule has 0 aliphatic rings. The van der Waals surface area contributed by atoms with E-state index in [2.05, 4.69) is 20.8 Å². The van der Waals surface area contributed by atoms with Crippen LogP contribution in [0.4, 0.5) is 5.69 Å². The van der Waals surface area contributed by atoms with Crippen LogP contribution in [0.15, 0.2) is 30.6 Å². The van der Waals surface area contributed by atoms with Gasteiger partial charge in [0, 0.05) is 12.7 Å². The third-order valence-corrected chi connectivity index (χ3v) is 2.79. The molecular weight excluding hydrogens is 242 g/mol. The van der Waals surface area contributed by atoms with Gasteiger partial charge >= 0.3 is 0 Å². The molecule has 1 heterocycles. The molecular formula is C13H17N5O. The van der Waals surface area contributed by atoms with Crippen molar-refractivity contribution in [1.82, 2.24) is 20.1 Å². The first-order valence-electron chi connectivity index (χ1n) is 6.06. The highest BCUT2D eigenvalue weighted by atomic mass is 16.1. The second kappa shape index (κ2) is 6.10. The van der Waals surface area contributed by atoms with Gasteiger partial charge in [0.1, 0.15) is 12.2 Å². The Morgan fingerprint density at radius 3 is 2.84 bits per heavy atom. The molecule has 2 rings (SSSR count). The highest BCUT2D eigenvalue weighted by molar-refractivity contribution is 5.92. The van der Waals surface area contributed by atoms with Gasteiger partial charge in [0.15, 0.2) is 0 Å². The van der Waals surface area contributed by atoms with Crippen molar-refractivity contribution in [2.24, 2.45) is 7.05 Å². The first kappa shape index (κ1) is 13.2. The number of hydrogen-bond acceptors (Lipinski definition) is 4. The minimum atomic E-state index is -0.0727. The van der Waals surface area contributed by atoms with Crippen molar-refractivity contribution in [3.05, 3.63) is 42.0 Å². The van der Waals surface area contributed by atoms with Gasteiger partial charge in [0.25, 0.3) is 0 Å². The quantitative estimate of drug-likeness (QED) is 0.835. The second-order valence-corrected chi connectivity index (χ2v) is 4.32. The van der Waals surface area contributed by atoms with Crippen LogP contribution >= 0.6 is 0 Å². The highest BCUT2D eigenvalue weighted by Crippen LogP contribution is 2.12. The Kier molecular flexibility index (Phi) is 4.25. The minimum Gasteiger partial charge on any atom is -0.325 e. The monoisotopic (exact) mass is 259 g/mol.